The maximum Gasteiger partial charge on any atom is 0.410 e. The number of likely N-dealkylation sites (tertiary alicyclic amines) is 1. The van der Waals surface area contributed by atoms with Crippen LogP contribution >= 0.6 is 0 Å². The Hall–Kier alpha value is -1.76. The minimum absolute atomic E-state index is 0.0299. The number of piperidine rings is 1. The summed E-state index contributed by atoms with van der Waals surface area (Å²) in [5.74, 6) is -1.59. The molecule has 0 bridgehead atoms. The second-order valence-corrected chi connectivity index (χ2v) is 5.18. The van der Waals surface area contributed by atoms with Crippen molar-refractivity contribution in [3.8, 4) is 0 Å². The summed E-state index contributed by atoms with van der Waals surface area (Å²) in [5.41, 5.74) is 6.39. The Kier molecular flexibility index (Phi) is 4.72. The van der Waals surface area contributed by atoms with Crippen molar-refractivity contribution in [2.24, 2.45) is 11.7 Å². The molecule has 116 valence electrons. The molecule has 0 radical (unpaired) electrons. The first-order valence-electron chi connectivity index (χ1n) is 6.64. The number of hydrogen-bond acceptors (Lipinski definition) is 3. The second kappa shape index (κ2) is 6.34. The minimum atomic E-state index is -4.35. The van der Waals surface area contributed by atoms with Crippen molar-refractivity contribution < 1.29 is 22.7 Å². The van der Waals surface area contributed by atoms with Crippen molar-refractivity contribution in [1.29, 1.82) is 0 Å². The molecule has 1 aromatic carbocycles. The molecule has 1 amide bonds. The summed E-state index contributed by atoms with van der Waals surface area (Å²) in [5, 5.41) is 0. The van der Waals surface area contributed by atoms with Gasteiger partial charge in [-0.1, -0.05) is 30.3 Å². The van der Waals surface area contributed by atoms with E-state index in [-0.39, 0.29) is 19.6 Å². The average molecular weight is 302 g/mol. The third kappa shape index (κ3) is 4.35. The molecular formula is C14H17F3N2O2. The number of carbonyl (C=O) groups excluding carboxylic acids is 1. The highest BCUT2D eigenvalue weighted by atomic mass is 19.4. The highest BCUT2D eigenvalue weighted by molar-refractivity contribution is 5.67. The average Bonchev–Trinajstić information content (AvgIpc) is 2.44. The van der Waals surface area contributed by atoms with E-state index in [1.165, 1.54) is 0 Å². The van der Waals surface area contributed by atoms with Crippen molar-refractivity contribution >= 4 is 6.09 Å². The van der Waals surface area contributed by atoms with Crippen LogP contribution in [0.15, 0.2) is 30.3 Å². The molecule has 1 fully saturated rings. The van der Waals surface area contributed by atoms with E-state index in [9.17, 15) is 18.0 Å². The highest BCUT2D eigenvalue weighted by Crippen LogP contribution is 2.33. The number of benzene rings is 1. The molecule has 1 saturated heterocycles. The maximum absolute atomic E-state index is 12.8. The van der Waals surface area contributed by atoms with Crippen LogP contribution in [0.3, 0.4) is 0 Å². The van der Waals surface area contributed by atoms with Gasteiger partial charge in [-0.25, -0.2) is 4.79 Å². The van der Waals surface area contributed by atoms with Gasteiger partial charge in [0.1, 0.15) is 6.61 Å². The summed E-state index contributed by atoms with van der Waals surface area (Å²) in [7, 11) is 0. The molecule has 2 N–H and O–H groups in total. The van der Waals surface area contributed by atoms with Gasteiger partial charge < -0.3 is 15.4 Å². The lowest BCUT2D eigenvalue weighted by atomic mass is 9.94. The summed E-state index contributed by atoms with van der Waals surface area (Å²) in [6.07, 6.45) is -5.27. The monoisotopic (exact) mass is 302 g/mol. The first kappa shape index (κ1) is 15.6. The van der Waals surface area contributed by atoms with Crippen molar-refractivity contribution in [3.63, 3.8) is 0 Å². The van der Waals surface area contributed by atoms with Crippen LogP contribution in [0.2, 0.25) is 0 Å². The van der Waals surface area contributed by atoms with Crippen LogP contribution in [-0.4, -0.2) is 36.3 Å². The molecule has 1 aliphatic heterocycles. The van der Waals surface area contributed by atoms with Crippen LogP contribution < -0.4 is 5.73 Å². The molecule has 0 aromatic heterocycles. The van der Waals surface area contributed by atoms with Crippen LogP contribution in [0.5, 0.6) is 0 Å². The molecule has 0 unspecified atom stereocenters. The molecular weight excluding hydrogens is 285 g/mol. The minimum Gasteiger partial charge on any atom is -0.445 e. The van der Waals surface area contributed by atoms with Gasteiger partial charge in [-0.15, -0.1) is 0 Å². The van der Waals surface area contributed by atoms with E-state index in [2.05, 4.69) is 0 Å². The van der Waals surface area contributed by atoms with Crippen LogP contribution in [-0.2, 0) is 11.3 Å². The van der Waals surface area contributed by atoms with E-state index in [4.69, 9.17) is 10.5 Å². The van der Waals surface area contributed by atoms with Gasteiger partial charge in [0.05, 0.1) is 5.92 Å². The summed E-state index contributed by atoms with van der Waals surface area (Å²) in [4.78, 5) is 12.9. The molecule has 1 aliphatic rings. The Labute approximate surface area is 120 Å². The summed E-state index contributed by atoms with van der Waals surface area (Å²) < 4.78 is 43.3. The predicted molar refractivity (Wildman–Crippen MR) is 70.3 cm³/mol. The van der Waals surface area contributed by atoms with Crippen LogP contribution in [0.1, 0.15) is 12.0 Å². The quantitative estimate of drug-likeness (QED) is 0.913. The Morgan fingerprint density at radius 2 is 1.95 bits per heavy atom. The topological polar surface area (TPSA) is 55.6 Å². The molecule has 1 heterocycles. The molecule has 0 saturated carbocycles. The number of nitrogens with zero attached hydrogens (tertiary/aromatic N) is 1. The number of hydrogen-bond donors (Lipinski definition) is 1. The molecule has 0 aliphatic carbocycles. The van der Waals surface area contributed by atoms with E-state index < -0.39 is 30.8 Å². The lowest BCUT2D eigenvalue weighted by molar-refractivity contribution is -0.186. The number of alkyl halides is 3. The van der Waals surface area contributed by atoms with Gasteiger partial charge in [0.15, 0.2) is 0 Å². The van der Waals surface area contributed by atoms with Gasteiger partial charge in [-0.3, -0.25) is 0 Å². The van der Waals surface area contributed by atoms with Crippen molar-refractivity contribution in [2.45, 2.75) is 25.2 Å². The van der Waals surface area contributed by atoms with Crippen molar-refractivity contribution in [1.82, 2.24) is 4.90 Å². The van der Waals surface area contributed by atoms with Crippen LogP contribution in [0.25, 0.3) is 0 Å². The van der Waals surface area contributed by atoms with Gasteiger partial charge in [0.25, 0.3) is 0 Å². The zero-order valence-electron chi connectivity index (χ0n) is 11.3. The molecule has 1 aromatic rings. The van der Waals surface area contributed by atoms with Crippen molar-refractivity contribution in [3.05, 3.63) is 35.9 Å². The Morgan fingerprint density at radius 3 is 2.57 bits per heavy atom. The fourth-order valence-electron chi connectivity index (χ4n) is 2.33. The van der Waals surface area contributed by atoms with Gasteiger partial charge in [0, 0.05) is 19.1 Å². The molecule has 7 heteroatoms. The van der Waals surface area contributed by atoms with Gasteiger partial charge in [-0.05, 0) is 12.0 Å². The molecule has 2 rings (SSSR count). The molecule has 4 nitrogen and oxygen atoms in total. The Bertz CT molecular complexity index is 479. The number of nitrogens with two attached hydrogens (primary N) is 1. The zero-order valence-corrected chi connectivity index (χ0v) is 11.3. The molecule has 2 atom stereocenters. The van der Waals surface area contributed by atoms with Crippen LogP contribution in [0, 0.1) is 5.92 Å². The molecule has 0 spiro atoms. The van der Waals surface area contributed by atoms with E-state index in [0.717, 1.165) is 10.5 Å². The fourth-order valence-corrected chi connectivity index (χ4v) is 2.33. The smallest absolute Gasteiger partial charge is 0.410 e. The standard InChI is InChI=1S/C14H17F3N2O2/c15-14(16,17)11-6-12(18)8-19(7-11)13(20)21-9-10-4-2-1-3-5-10/h1-5,11-12H,6-9,18H2/t11-,12+/m0/s1. The number of carbonyl (C=O) groups is 1. The summed E-state index contributed by atoms with van der Waals surface area (Å²) in [6.45, 7) is -0.285. The number of amides is 1. The van der Waals surface area contributed by atoms with Gasteiger partial charge in [0.2, 0.25) is 0 Å². The number of ether oxygens (including phenoxy) is 1. The zero-order chi connectivity index (χ0) is 15.5. The van der Waals surface area contributed by atoms with E-state index in [1.54, 1.807) is 24.3 Å². The summed E-state index contributed by atoms with van der Waals surface area (Å²) in [6, 6.07) is 8.26. The predicted octanol–water partition coefficient (Wildman–Crippen LogP) is 2.53. The van der Waals surface area contributed by atoms with Gasteiger partial charge in [-0.2, -0.15) is 13.2 Å². The van der Waals surface area contributed by atoms with E-state index in [0.29, 0.717) is 0 Å². The Balaban J connectivity index is 1.92. The van der Waals surface area contributed by atoms with Crippen molar-refractivity contribution in [2.75, 3.05) is 13.1 Å². The third-order valence-electron chi connectivity index (χ3n) is 3.41. The third-order valence-corrected chi connectivity index (χ3v) is 3.41. The lowest BCUT2D eigenvalue weighted by Crippen LogP contribution is -2.52. The first-order valence-corrected chi connectivity index (χ1v) is 6.64. The maximum atomic E-state index is 12.8. The summed E-state index contributed by atoms with van der Waals surface area (Å²) >= 11 is 0. The fraction of sp³-hybridized carbons (Fsp3) is 0.500. The largest absolute Gasteiger partial charge is 0.445 e. The number of halogens is 3. The highest BCUT2D eigenvalue weighted by Gasteiger charge is 2.45. The first-order chi connectivity index (χ1) is 9.86. The SMILES string of the molecule is N[C@@H]1C[C@H](C(F)(F)F)CN(C(=O)OCc2ccccc2)C1. The van der Waals surface area contributed by atoms with E-state index in [1.807, 2.05) is 6.07 Å². The Morgan fingerprint density at radius 1 is 1.29 bits per heavy atom. The van der Waals surface area contributed by atoms with Gasteiger partial charge >= 0.3 is 12.3 Å². The lowest BCUT2D eigenvalue weighted by Gasteiger charge is -2.36. The van der Waals surface area contributed by atoms with Crippen LogP contribution in [0.4, 0.5) is 18.0 Å². The molecule has 21 heavy (non-hydrogen) atoms. The van der Waals surface area contributed by atoms with E-state index >= 15 is 0 Å². The second-order valence-electron chi connectivity index (χ2n) is 5.18. The number of rotatable bonds is 2. The normalized spacial score (nSPS) is 23.0.